The number of ether oxygens (including phenoxy) is 2. The average molecular weight is 370 g/mol. The smallest absolute Gasteiger partial charge is 0.410 e. The third kappa shape index (κ3) is 6.31. The topological polar surface area (TPSA) is 76.1 Å². The van der Waals surface area contributed by atoms with E-state index in [2.05, 4.69) is 0 Å². The lowest BCUT2D eigenvalue weighted by molar-refractivity contribution is -0.150. The standard InChI is InChI=1S/C18H23NO5.ClH/c1-18(2,3)24-16(21)14-9-10-19(11-15(14)20)17(22)23-12-13-7-5-4-6-8-13;/h4-8,20H,9-12H2,1-3H3;1H. The molecule has 1 N–H and O–H groups in total. The molecule has 0 spiro atoms. The Kier molecular flexibility index (Phi) is 7.30. The van der Waals surface area contributed by atoms with E-state index in [9.17, 15) is 14.7 Å². The number of carbonyl (C=O) groups is 2. The van der Waals surface area contributed by atoms with Gasteiger partial charge in [-0.1, -0.05) is 30.3 Å². The second-order valence-corrected chi connectivity index (χ2v) is 6.64. The number of hydrogen-bond donors (Lipinski definition) is 1. The Hall–Kier alpha value is -2.21. The van der Waals surface area contributed by atoms with Crippen molar-refractivity contribution in [2.45, 2.75) is 39.4 Å². The van der Waals surface area contributed by atoms with Crippen LogP contribution in [0.3, 0.4) is 0 Å². The van der Waals surface area contributed by atoms with Gasteiger partial charge in [-0.05, 0) is 26.3 Å². The lowest BCUT2D eigenvalue weighted by Gasteiger charge is -2.28. The molecule has 1 amide bonds. The minimum atomic E-state index is -0.629. The van der Waals surface area contributed by atoms with E-state index in [4.69, 9.17) is 9.47 Å². The summed E-state index contributed by atoms with van der Waals surface area (Å²) in [6.45, 7) is 5.70. The van der Waals surface area contributed by atoms with Crippen LogP contribution in [0.5, 0.6) is 0 Å². The Morgan fingerprint density at radius 2 is 1.84 bits per heavy atom. The Morgan fingerprint density at radius 3 is 2.40 bits per heavy atom. The van der Waals surface area contributed by atoms with Crippen LogP contribution in [-0.2, 0) is 20.9 Å². The molecule has 2 rings (SSSR count). The summed E-state index contributed by atoms with van der Waals surface area (Å²) in [6.07, 6.45) is -0.282. The lowest BCUT2D eigenvalue weighted by Crippen LogP contribution is -2.39. The van der Waals surface area contributed by atoms with Crippen LogP contribution in [0.1, 0.15) is 32.8 Å². The highest BCUT2D eigenvalue weighted by atomic mass is 35.5. The number of nitrogens with zero attached hydrogens (tertiary/aromatic N) is 1. The van der Waals surface area contributed by atoms with Gasteiger partial charge in [-0.2, -0.15) is 0 Å². The largest absolute Gasteiger partial charge is 0.510 e. The number of amides is 1. The average Bonchev–Trinajstić information content (AvgIpc) is 2.51. The normalized spacial score (nSPS) is 14.6. The Balaban J connectivity index is 0.00000312. The molecule has 0 saturated heterocycles. The van der Waals surface area contributed by atoms with Gasteiger partial charge in [-0.15, -0.1) is 12.4 Å². The van der Waals surface area contributed by atoms with Crippen molar-refractivity contribution in [1.82, 2.24) is 4.90 Å². The molecule has 0 unspecified atom stereocenters. The number of aliphatic hydroxyl groups excluding tert-OH is 1. The van der Waals surface area contributed by atoms with Gasteiger partial charge in [-0.25, -0.2) is 9.59 Å². The van der Waals surface area contributed by atoms with Crippen molar-refractivity contribution >= 4 is 24.5 Å². The molecule has 6 nitrogen and oxygen atoms in total. The van der Waals surface area contributed by atoms with Gasteiger partial charge in [0.2, 0.25) is 0 Å². The summed E-state index contributed by atoms with van der Waals surface area (Å²) < 4.78 is 10.5. The van der Waals surface area contributed by atoms with Crippen LogP contribution in [0.4, 0.5) is 4.79 Å². The van der Waals surface area contributed by atoms with Crippen LogP contribution in [0.25, 0.3) is 0 Å². The maximum atomic E-state index is 12.1. The van der Waals surface area contributed by atoms with Crippen LogP contribution in [0.2, 0.25) is 0 Å². The molecular weight excluding hydrogens is 346 g/mol. The first-order valence-electron chi connectivity index (χ1n) is 7.86. The fourth-order valence-corrected chi connectivity index (χ4v) is 2.27. The van der Waals surface area contributed by atoms with Crippen LogP contribution in [0.15, 0.2) is 41.7 Å². The van der Waals surface area contributed by atoms with E-state index >= 15 is 0 Å². The van der Waals surface area contributed by atoms with Crippen molar-refractivity contribution in [2.75, 3.05) is 13.1 Å². The molecule has 25 heavy (non-hydrogen) atoms. The summed E-state index contributed by atoms with van der Waals surface area (Å²) >= 11 is 0. The maximum absolute atomic E-state index is 12.1. The highest BCUT2D eigenvalue weighted by Crippen LogP contribution is 2.21. The number of aliphatic hydroxyl groups is 1. The number of halogens is 1. The Bertz CT molecular complexity index is 637. The fourth-order valence-electron chi connectivity index (χ4n) is 2.27. The summed E-state index contributed by atoms with van der Waals surface area (Å²) in [5, 5.41) is 10.1. The van der Waals surface area contributed by atoms with Gasteiger partial charge >= 0.3 is 12.1 Å². The van der Waals surface area contributed by atoms with Gasteiger partial charge in [-0.3, -0.25) is 0 Å². The van der Waals surface area contributed by atoms with Gasteiger partial charge < -0.3 is 19.5 Å². The van der Waals surface area contributed by atoms with Crippen LogP contribution < -0.4 is 0 Å². The molecule has 0 atom stereocenters. The SMILES string of the molecule is CC(C)(C)OC(=O)C1=C(O)CN(C(=O)OCc2ccccc2)CC1.Cl. The molecule has 1 aliphatic heterocycles. The van der Waals surface area contributed by atoms with E-state index in [1.807, 2.05) is 30.3 Å². The van der Waals surface area contributed by atoms with Gasteiger partial charge in [0.05, 0.1) is 12.1 Å². The van der Waals surface area contributed by atoms with E-state index < -0.39 is 17.7 Å². The first-order valence-corrected chi connectivity index (χ1v) is 7.86. The number of hydrogen-bond acceptors (Lipinski definition) is 5. The predicted octanol–water partition coefficient (Wildman–Crippen LogP) is 3.60. The van der Waals surface area contributed by atoms with E-state index in [-0.39, 0.29) is 43.3 Å². The second kappa shape index (κ2) is 8.76. The molecule has 0 aliphatic carbocycles. The Labute approximate surface area is 153 Å². The molecule has 0 aromatic heterocycles. The molecule has 7 heteroatoms. The van der Waals surface area contributed by atoms with Gasteiger partial charge in [0, 0.05) is 13.0 Å². The molecule has 1 aromatic carbocycles. The highest BCUT2D eigenvalue weighted by Gasteiger charge is 2.29. The lowest BCUT2D eigenvalue weighted by atomic mass is 10.1. The van der Waals surface area contributed by atoms with Gasteiger partial charge in [0.25, 0.3) is 0 Å². The number of rotatable bonds is 3. The van der Waals surface area contributed by atoms with Crippen molar-refractivity contribution in [3.63, 3.8) is 0 Å². The van der Waals surface area contributed by atoms with E-state index in [1.54, 1.807) is 20.8 Å². The third-order valence-corrected chi connectivity index (χ3v) is 3.43. The zero-order valence-electron chi connectivity index (χ0n) is 14.7. The first-order chi connectivity index (χ1) is 11.3. The zero-order chi connectivity index (χ0) is 17.7. The number of esters is 1. The molecule has 0 saturated carbocycles. The fraction of sp³-hybridized carbons (Fsp3) is 0.444. The van der Waals surface area contributed by atoms with Crippen molar-refractivity contribution < 1.29 is 24.2 Å². The molecular formula is C18H24ClNO5. The molecule has 1 aliphatic rings. The number of benzene rings is 1. The molecule has 1 heterocycles. The maximum Gasteiger partial charge on any atom is 0.410 e. The minimum Gasteiger partial charge on any atom is -0.510 e. The number of carbonyl (C=O) groups excluding carboxylic acids is 2. The molecule has 0 fully saturated rings. The van der Waals surface area contributed by atoms with Crippen LogP contribution in [0, 0.1) is 0 Å². The van der Waals surface area contributed by atoms with Gasteiger partial charge in [0.1, 0.15) is 18.0 Å². The molecule has 0 bridgehead atoms. The molecule has 1 aromatic rings. The quantitative estimate of drug-likeness (QED) is 0.824. The van der Waals surface area contributed by atoms with E-state index in [1.165, 1.54) is 4.90 Å². The first kappa shape index (κ1) is 20.8. The summed E-state index contributed by atoms with van der Waals surface area (Å²) in [5.41, 5.74) is 0.477. The van der Waals surface area contributed by atoms with Crippen molar-refractivity contribution in [2.24, 2.45) is 0 Å². The summed E-state index contributed by atoms with van der Waals surface area (Å²) in [7, 11) is 0. The predicted molar refractivity (Wildman–Crippen MR) is 95.6 cm³/mol. The molecule has 0 radical (unpaired) electrons. The molecule has 138 valence electrons. The zero-order valence-corrected chi connectivity index (χ0v) is 15.5. The van der Waals surface area contributed by atoms with Crippen LogP contribution in [-0.4, -0.2) is 40.8 Å². The minimum absolute atomic E-state index is 0. The summed E-state index contributed by atoms with van der Waals surface area (Å²) in [4.78, 5) is 25.5. The van der Waals surface area contributed by atoms with Crippen molar-refractivity contribution in [3.05, 3.63) is 47.2 Å². The van der Waals surface area contributed by atoms with Crippen LogP contribution >= 0.6 is 12.4 Å². The Morgan fingerprint density at radius 1 is 1.20 bits per heavy atom. The highest BCUT2D eigenvalue weighted by molar-refractivity contribution is 5.90. The van der Waals surface area contributed by atoms with Crippen molar-refractivity contribution in [3.8, 4) is 0 Å². The monoisotopic (exact) mass is 369 g/mol. The van der Waals surface area contributed by atoms with E-state index in [0.717, 1.165) is 5.56 Å². The van der Waals surface area contributed by atoms with E-state index in [0.29, 0.717) is 6.54 Å². The summed E-state index contributed by atoms with van der Waals surface area (Å²) in [5.74, 6) is -0.690. The van der Waals surface area contributed by atoms with Gasteiger partial charge in [0.15, 0.2) is 0 Å². The third-order valence-electron chi connectivity index (χ3n) is 3.43. The van der Waals surface area contributed by atoms with Crippen molar-refractivity contribution in [1.29, 1.82) is 0 Å². The second-order valence-electron chi connectivity index (χ2n) is 6.64. The summed E-state index contributed by atoms with van der Waals surface area (Å²) in [6, 6.07) is 9.34.